The maximum Gasteiger partial charge on any atom is 0.279 e. The monoisotopic (exact) mass is 513 g/mol. The number of carbonyl (C=O) groups is 1. The highest BCUT2D eigenvalue weighted by molar-refractivity contribution is 7.97. The van der Waals surface area contributed by atoms with E-state index in [-0.39, 0.29) is 11.9 Å². The standard InChI is InChI=1S/C26H35N5O4S/c1-19(18-33-4)34-22-15-20(26(32)29-25(27)9-10-28-2)16-23(17-22)35-21-5-7-24(8-6-21)36-31-13-11-30(3)12-14-31/h5-10,15-17,19,28H,11-14,18H2,1-4H3,(H2,27,29,32)/b10-9-. The Morgan fingerprint density at radius 2 is 1.83 bits per heavy atom. The summed E-state index contributed by atoms with van der Waals surface area (Å²) in [6.45, 7) is 6.48. The van der Waals surface area contributed by atoms with Crippen molar-refractivity contribution in [2.75, 3.05) is 54.0 Å². The van der Waals surface area contributed by atoms with E-state index in [9.17, 15) is 4.79 Å². The van der Waals surface area contributed by atoms with E-state index in [0.717, 1.165) is 31.1 Å². The van der Waals surface area contributed by atoms with Gasteiger partial charge in [0.2, 0.25) is 0 Å². The molecule has 0 aromatic heterocycles. The second-order valence-corrected chi connectivity index (χ2v) is 9.61. The van der Waals surface area contributed by atoms with Crippen LogP contribution < -0.4 is 20.5 Å². The summed E-state index contributed by atoms with van der Waals surface area (Å²) < 4.78 is 19.5. The minimum absolute atomic E-state index is 0.0873. The fraction of sp³-hybridized carbons (Fsp3) is 0.385. The van der Waals surface area contributed by atoms with Crippen LogP contribution in [0.25, 0.3) is 0 Å². The maximum atomic E-state index is 12.8. The summed E-state index contributed by atoms with van der Waals surface area (Å²) in [4.78, 5) is 20.2. The highest BCUT2D eigenvalue weighted by atomic mass is 32.2. The molecule has 0 bridgehead atoms. The summed E-state index contributed by atoms with van der Waals surface area (Å²) in [5.74, 6) is 1.17. The first-order chi connectivity index (χ1) is 17.4. The molecule has 36 heavy (non-hydrogen) atoms. The van der Waals surface area contributed by atoms with Crippen molar-refractivity contribution in [3.8, 4) is 17.2 Å². The molecular formula is C26H35N5O4S. The summed E-state index contributed by atoms with van der Waals surface area (Å²) in [5.41, 5.74) is 6.12. The Kier molecular flexibility index (Phi) is 10.6. The predicted molar refractivity (Wildman–Crippen MR) is 144 cm³/mol. The average Bonchev–Trinajstić information content (AvgIpc) is 2.85. The number of amides is 1. The molecule has 1 unspecified atom stereocenters. The van der Waals surface area contributed by atoms with Gasteiger partial charge in [-0.05, 0) is 74.6 Å². The van der Waals surface area contributed by atoms with Crippen molar-refractivity contribution in [3.05, 3.63) is 60.3 Å². The molecule has 3 rings (SSSR count). The molecule has 1 saturated heterocycles. The van der Waals surface area contributed by atoms with Crippen LogP contribution in [-0.4, -0.2) is 81.0 Å². The van der Waals surface area contributed by atoms with E-state index < -0.39 is 5.91 Å². The molecule has 9 nitrogen and oxygen atoms in total. The zero-order valence-electron chi connectivity index (χ0n) is 21.3. The van der Waals surface area contributed by atoms with E-state index in [0.29, 0.717) is 29.4 Å². The van der Waals surface area contributed by atoms with Crippen molar-refractivity contribution < 1.29 is 19.0 Å². The summed E-state index contributed by atoms with van der Waals surface area (Å²) in [7, 11) is 5.48. The van der Waals surface area contributed by atoms with Crippen LogP contribution in [0.1, 0.15) is 17.3 Å². The van der Waals surface area contributed by atoms with Gasteiger partial charge in [-0.3, -0.25) is 4.79 Å². The number of piperazine rings is 1. The van der Waals surface area contributed by atoms with Crippen LogP contribution in [-0.2, 0) is 4.74 Å². The third kappa shape index (κ3) is 8.87. The normalized spacial score (nSPS) is 16.2. The average molecular weight is 514 g/mol. The molecular weight excluding hydrogens is 478 g/mol. The fourth-order valence-corrected chi connectivity index (χ4v) is 4.35. The van der Waals surface area contributed by atoms with Gasteiger partial charge < -0.3 is 30.2 Å². The number of hydrogen-bond acceptors (Lipinski definition) is 8. The number of aliphatic imine (C=N–C) groups is 1. The predicted octanol–water partition coefficient (Wildman–Crippen LogP) is 3.38. The summed E-state index contributed by atoms with van der Waals surface area (Å²) in [6, 6.07) is 12.9. The zero-order chi connectivity index (χ0) is 25.9. The van der Waals surface area contributed by atoms with Gasteiger partial charge in [-0.15, -0.1) is 0 Å². The first kappa shape index (κ1) is 27.5. The van der Waals surface area contributed by atoms with Crippen LogP contribution in [0.4, 0.5) is 0 Å². The molecule has 0 spiro atoms. The van der Waals surface area contributed by atoms with Gasteiger partial charge in [-0.2, -0.15) is 4.99 Å². The van der Waals surface area contributed by atoms with E-state index in [1.165, 1.54) is 6.08 Å². The van der Waals surface area contributed by atoms with Crippen LogP contribution in [0.2, 0.25) is 0 Å². The van der Waals surface area contributed by atoms with Crippen molar-refractivity contribution in [1.29, 1.82) is 0 Å². The van der Waals surface area contributed by atoms with Gasteiger partial charge in [0.15, 0.2) is 0 Å². The van der Waals surface area contributed by atoms with Crippen molar-refractivity contribution >= 4 is 23.7 Å². The number of likely N-dealkylation sites (N-methyl/N-ethyl adjacent to an activating group) is 1. The van der Waals surface area contributed by atoms with Crippen molar-refractivity contribution in [1.82, 2.24) is 14.5 Å². The molecule has 194 valence electrons. The number of nitrogens with one attached hydrogen (secondary N) is 1. The summed E-state index contributed by atoms with van der Waals surface area (Å²) in [6.07, 6.45) is 2.89. The largest absolute Gasteiger partial charge is 0.488 e. The smallest absolute Gasteiger partial charge is 0.279 e. The Labute approximate surface area is 217 Å². The SMILES string of the molecule is CN/C=C\C(N)=NC(=O)c1cc(Oc2ccc(SN3CCN(C)CC3)cc2)cc(OC(C)COC)c1. The minimum Gasteiger partial charge on any atom is -0.488 e. The third-order valence-electron chi connectivity index (χ3n) is 5.27. The van der Waals surface area contributed by atoms with Crippen LogP contribution in [0, 0.1) is 0 Å². The first-order valence-electron chi connectivity index (χ1n) is 11.8. The molecule has 1 fully saturated rings. The highest BCUT2D eigenvalue weighted by Gasteiger charge is 2.16. The fourth-order valence-electron chi connectivity index (χ4n) is 3.44. The van der Waals surface area contributed by atoms with Gasteiger partial charge in [-0.1, -0.05) is 0 Å². The number of hydrogen-bond donors (Lipinski definition) is 2. The Bertz CT molecular complexity index is 1050. The van der Waals surface area contributed by atoms with Crippen molar-refractivity contribution in [2.45, 2.75) is 17.9 Å². The van der Waals surface area contributed by atoms with Gasteiger partial charge in [0.25, 0.3) is 5.91 Å². The minimum atomic E-state index is -0.498. The number of amidine groups is 1. The lowest BCUT2D eigenvalue weighted by molar-refractivity contribution is 0.0915. The molecule has 1 aliphatic heterocycles. The highest BCUT2D eigenvalue weighted by Crippen LogP contribution is 2.31. The number of carbonyl (C=O) groups excluding carboxylic acids is 1. The second-order valence-electron chi connectivity index (χ2n) is 8.44. The Balaban J connectivity index is 1.76. The van der Waals surface area contributed by atoms with Gasteiger partial charge in [0, 0.05) is 56.9 Å². The lowest BCUT2D eigenvalue weighted by atomic mass is 10.2. The molecule has 0 saturated carbocycles. The molecule has 2 aromatic rings. The molecule has 3 N–H and O–H groups in total. The van der Waals surface area contributed by atoms with Gasteiger partial charge in [0.05, 0.1) is 6.61 Å². The number of ether oxygens (including phenoxy) is 3. The van der Waals surface area contributed by atoms with Crippen molar-refractivity contribution in [2.24, 2.45) is 10.7 Å². The maximum absolute atomic E-state index is 12.8. The summed E-state index contributed by atoms with van der Waals surface area (Å²) in [5, 5.41) is 2.81. The van der Waals surface area contributed by atoms with E-state index in [1.54, 1.807) is 50.5 Å². The third-order valence-corrected chi connectivity index (χ3v) is 6.38. The lowest BCUT2D eigenvalue weighted by Gasteiger charge is -2.31. The molecule has 2 aromatic carbocycles. The van der Waals surface area contributed by atoms with E-state index >= 15 is 0 Å². The van der Waals surface area contributed by atoms with E-state index in [1.807, 2.05) is 31.2 Å². The summed E-state index contributed by atoms with van der Waals surface area (Å²) >= 11 is 1.75. The zero-order valence-corrected chi connectivity index (χ0v) is 22.1. The van der Waals surface area contributed by atoms with Gasteiger partial charge >= 0.3 is 0 Å². The number of rotatable bonds is 11. The number of benzene rings is 2. The Morgan fingerprint density at radius 3 is 2.50 bits per heavy atom. The quantitative estimate of drug-likeness (QED) is 0.266. The van der Waals surface area contributed by atoms with Crippen LogP contribution in [0.15, 0.2) is 64.6 Å². The van der Waals surface area contributed by atoms with Gasteiger partial charge in [-0.25, -0.2) is 4.31 Å². The van der Waals surface area contributed by atoms with E-state index in [4.69, 9.17) is 19.9 Å². The topological polar surface area (TPSA) is 102 Å². The van der Waals surface area contributed by atoms with Crippen LogP contribution in [0.3, 0.4) is 0 Å². The second kappa shape index (κ2) is 13.9. The molecule has 1 amide bonds. The number of methoxy groups -OCH3 is 1. The van der Waals surface area contributed by atoms with Crippen LogP contribution >= 0.6 is 11.9 Å². The molecule has 1 aliphatic rings. The number of nitrogens with zero attached hydrogens (tertiary/aromatic N) is 3. The van der Waals surface area contributed by atoms with Gasteiger partial charge in [0.1, 0.15) is 29.2 Å². The molecule has 0 radical (unpaired) electrons. The number of nitrogens with two attached hydrogens (primary N) is 1. The first-order valence-corrected chi connectivity index (χ1v) is 12.6. The molecule has 10 heteroatoms. The molecule has 0 aliphatic carbocycles. The lowest BCUT2D eigenvalue weighted by Crippen LogP contribution is -2.40. The molecule has 1 heterocycles. The Hall–Kier alpha value is -3.05. The molecule has 1 atom stereocenters. The Morgan fingerprint density at radius 1 is 1.14 bits per heavy atom. The van der Waals surface area contributed by atoms with Crippen LogP contribution in [0.5, 0.6) is 17.2 Å². The van der Waals surface area contributed by atoms with E-state index in [2.05, 4.69) is 26.6 Å². The van der Waals surface area contributed by atoms with Crippen molar-refractivity contribution in [3.63, 3.8) is 0 Å².